The van der Waals surface area contributed by atoms with Crippen LogP contribution in [0.4, 0.5) is 5.69 Å². The number of aryl methyl sites for hydroxylation is 2. The summed E-state index contributed by atoms with van der Waals surface area (Å²) in [5, 5.41) is 22.3. The number of anilines is 1. The highest BCUT2D eigenvalue weighted by Gasteiger charge is 2.32. The Morgan fingerprint density at radius 1 is 1.12 bits per heavy atom. The van der Waals surface area contributed by atoms with Crippen molar-refractivity contribution in [3.05, 3.63) is 82.6 Å². The maximum atomic E-state index is 13.5. The number of aliphatic hydroxyl groups is 2. The second kappa shape index (κ2) is 11.8. The number of imidazole rings is 1. The number of aliphatic hydroxyl groups excluding tert-OH is 2. The molecule has 6 rings (SSSR count). The molecule has 1 amide bonds. The third-order valence-electron chi connectivity index (χ3n) is 8.26. The number of amides is 1. The molecule has 0 saturated carbocycles. The molecule has 0 radical (unpaired) electrons. The predicted octanol–water partition coefficient (Wildman–Crippen LogP) is 2.28. The van der Waals surface area contributed by atoms with Gasteiger partial charge in [-0.25, -0.2) is 4.98 Å². The van der Waals surface area contributed by atoms with Crippen molar-refractivity contribution in [1.82, 2.24) is 24.1 Å². The fourth-order valence-corrected chi connectivity index (χ4v) is 5.96. The summed E-state index contributed by atoms with van der Waals surface area (Å²) in [5.74, 6) is -0.0290. The number of fused-ring (bicyclic) bond motifs is 2. The van der Waals surface area contributed by atoms with E-state index in [0.717, 1.165) is 61.9 Å². The summed E-state index contributed by atoms with van der Waals surface area (Å²) in [5.41, 5.74) is 14.1. The van der Waals surface area contributed by atoms with Gasteiger partial charge in [-0.3, -0.25) is 9.48 Å². The molecule has 5 heterocycles. The molecule has 1 fully saturated rings. The van der Waals surface area contributed by atoms with Gasteiger partial charge in [0, 0.05) is 58.3 Å². The lowest BCUT2D eigenvalue weighted by molar-refractivity contribution is 0.0194. The van der Waals surface area contributed by atoms with E-state index in [-0.39, 0.29) is 11.8 Å². The monoisotopic (exact) mass is 545 g/mol. The van der Waals surface area contributed by atoms with E-state index in [9.17, 15) is 9.90 Å². The summed E-state index contributed by atoms with van der Waals surface area (Å²) >= 11 is 0. The van der Waals surface area contributed by atoms with E-state index in [1.54, 1.807) is 4.90 Å². The standard InChI is InChI=1S/C29H35N7O2.CH4O/c1-3-19-11-24(35-14-23-13-31-33(2)26(23)17-35)15-36-16-25(32-28(19)36)29(38)34-9-8-21(27(37)18-34)10-20-6-4-5-7-22(20)12-30;1-2/h4-7,11,13,15-16,21,27,37H,3,8-10,12,14,17-18,30H2,1-2H3;2H,1H3. The van der Waals surface area contributed by atoms with E-state index < -0.39 is 6.10 Å². The SMILES string of the molecule is CCc1cc(N2Cc3cnn(C)c3C2)cn2cc(C(=O)N3CCC(Cc4ccccc4CN)C(O)C3)nc12.CO. The Labute approximate surface area is 234 Å². The van der Waals surface area contributed by atoms with Crippen LogP contribution in [0.2, 0.25) is 0 Å². The van der Waals surface area contributed by atoms with Gasteiger partial charge in [-0.15, -0.1) is 0 Å². The van der Waals surface area contributed by atoms with Crippen LogP contribution in [-0.2, 0) is 39.5 Å². The van der Waals surface area contributed by atoms with Crippen LogP contribution in [0.1, 0.15) is 51.8 Å². The Morgan fingerprint density at radius 2 is 1.90 bits per heavy atom. The van der Waals surface area contributed by atoms with Crippen molar-refractivity contribution in [2.75, 3.05) is 25.1 Å². The smallest absolute Gasteiger partial charge is 0.274 e. The van der Waals surface area contributed by atoms with Gasteiger partial charge in [-0.2, -0.15) is 5.10 Å². The van der Waals surface area contributed by atoms with E-state index in [2.05, 4.69) is 35.3 Å². The maximum absolute atomic E-state index is 13.5. The van der Waals surface area contributed by atoms with E-state index in [4.69, 9.17) is 15.8 Å². The van der Waals surface area contributed by atoms with E-state index >= 15 is 0 Å². The number of β-amino-alcohol motifs (C(OH)–C–C–N with tert-alkyl or cyclic N) is 1. The minimum Gasteiger partial charge on any atom is -0.400 e. The van der Waals surface area contributed by atoms with Crippen LogP contribution in [-0.4, -0.2) is 66.5 Å². The van der Waals surface area contributed by atoms with Gasteiger partial charge >= 0.3 is 0 Å². The number of aromatic nitrogens is 4. The molecule has 4 aromatic rings. The third-order valence-corrected chi connectivity index (χ3v) is 8.26. The number of nitrogens with zero attached hydrogens (tertiary/aromatic N) is 6. The van der Waals surface area contributed by atoms with Crippen LogP contribution >= 0.6 is 0 Å². The van der Waals surface area contributed by atoms with Gasteiger partial charge in [0.2, 0.25) is 0 Å². The first-order chi connectivity index (χ1) is 19.4. The van der Waals surface area contributed by atoms with Crippen molar-refractivity contribution in [2.24, 2.45) is 18.7 Å². The first kappa shape index (κ1) is 27.8. The van der Waals surface area contributed by atoms with Crippen molar-refractivity contribution in [3.8, 4) is 0 Å². The number of nitrogens with two attached hydrogens (primary N) is 1. The van der Waals surface area contributed by atoms with Crippen molar-refractivity contribution >= 4 is 17.2 Å². The normalized spacial score (nSPS) is 18.6. The van der Waals surface area contributed by atoms with Gasteiger partial charge in [-0.05, 0) is 47.9 Å². The highest BCUT2D eigenvalue weighted by Crippen LogP contribution is 2.30. The maximum Gasteiger partial charge on any atom is 0.274 e. The Hall–Kier alpha value is -3.73. The lowest BCUT2D eigenvalue weighted by Gasteiger charge is -2.36. The summed E-state index contributed by atoms with van der Waals surface area (Å²) in [6.45, 7) is 5.15. The number of rotatable bonds is 6. The molecule has 40 heavy (non-hydrogen) atoms. The summed E-state index contributed by atoms with van der Waals surface area (Å²) in [4.78, 5) is 22.3. The Kier molecular flexibility index (Phi) is 8.20. The summed E-state index contributed by atoms with van der Waals surface area (Å²) in [6.07, 6.45) is 7.59. The van der Waals surface area contributed by atoms with E-state index in [1.165, 1.54) is 16.8 Å². The number of benzene rings is 1. The Bertz CT molecular complexity index is 1490. The fraction of sp³-hybridized carbons (Fsp3) is 0.433. The molecule has 212 valence electrons. The Morgan fingerprint density at radius 3 is 2.60 bits per heavy atom. The van der Waals surface area contributed by atoms with Gasteiger partial charge in [0.05, 0.1) is 30.2 Å². The summed E-state index contributed by atoms with van der Waals surface area (Å²) in [6, 6.07) is 10.3. The lowest BCUT2D eigenvalue weighted by atomic mass is 9.86. The van der Waals surface area contributed by atoms with Gasteiger partial charge in [-0.1, -0.05) is 31.2 Å². The second-order valence-corrected chi connectivity index (χ2v) is 10.6. The predicted molar refractivity (Wildman–Crippen MR) is 154 cm³/mol. The van der Waals surface area contributed by atoms with Gasteiger partial charge in [0.1, 0.15) is 11.3 Å². The lowest BCUT2D eigenvalue weighted by Crippen LogP contribution is -2.47. The molecule has 2 atom stereocenters. The fourth-order valence-electron chi connectivity index (χ4n) is 5.96. The first-order valence-corrected chi connectivity index (χ1v) is 13.9. The third kappa shape index (κ3) is 5.22. The van der Waals surface area contributed by atoms with Crippen LogP contribution in [0.5, 0.6) is 0 Å². The highest BCUT2D eigenvalue weighted by molar-refractivity contribution is 5.93. The number of likely N-dealkylation sites (tertiary alicyclic amines) is 1. The average Bonchev–Trinajstić information content (AvgIpc) is 3.70. The molecule has 4 N–H and O–H groups in total. The molecule has 2 aliphatic rings. The number of hydrogen-bond acceptors (Lipinski definition) is 7. The van der Waals surface area contributed by atoms with E-state index in [0.29, 0.717) is 25.3 Å². The number of carbonyl (C=O) groups is 1. The molecule has 0 aliphatic carbocycles. The molecule has 2 aliphatic heterocycles. The number of piperidine rings is 1. The largest absolute Gasteiger partial charge is 0.400 e. The van der Waals surface area contributed by atoms with Crippen LogP contribution in [0.15, 0.2) is 48.9 Å². The van der Waals surface area contributed by atoms with E-state index in [1.807, 2.05) is 46.7 Å². The minimum atomic E-state index is -0.584. The molecule has 3 aromatic heterocycles. The molecule has 1 saturated heterocycles. The van der Waals surface area contributed by atoms with Gasteiger partial charge in [0.15, 0.2) is 0 Å². The zero-order valence-corrected chi connectivity index (χ0v) is 23.5. The molecule has 0 bridgehead atoms. The van der Waals surface area contributed by atoms with Crippen LogP contribution in [0.25, 0.3) is 5.65 Å². The van der Waals surface area contributed by atoms with Crippen LogP contribution < -0.4 is 10.6 Å². The zero-order chi connectivity index (χ0) is 28.4. The van der Waals surface area contributed by atoms with Crippen molar-refractivity contribution in [3.63, 3.8) is 0 Å². The number of pyridine rings is 1. The topological polar surface area (TPSA) is 125 Å². The van der Waals surface area contributed by atoms with Crippen molar-refractivity contribution in [1.29, 1.82) is 0 Å². The molecular formula is C30H39N7O3. The van der Waals surface area contributed by atoms with Crippen LogP contribution in [0.3, 0.4) is 0 Å². The Balaban J connectivity index is 0.00000158. The summed E-state index contributed by atoms with van der Waals surface area (Å²) < 4.78 is 3.92. The zero-order valence-electron chi connectivity index (χ0n) is 23.5. The van der Waals surface area contributed by atoms with Crippen LogP contribution in [0, 0.1) is 5.92 Å². The quantitative estimate of drug-likeness (QED) is 0.340. The molecular weight excluding hydrogens is 506 g/mol. The molecule has 0 spiro atoms. The highest BCUT2D eigenvalue weighted by atomic mass is 16.3. The summed E-state index contributed by atoms with van der Waals surface area (Å²) in [7, 11) is 2.98. The average molecular weight is 546 g/mol. The molecule has 1 aromatic carbocycles. The van der Waals surface area contributed by atoms with Crippen molar-refractivity contribution < 1.29 is 15.0 Å². The number of hydrogen-bond donors (Lipinski definition) is 3. The van der Waals surface area contributed by atoms with Gasteiger partial charge in [0.25, 0.3) is 5.91 Å². The van der Waals surface area contributed by atoms with Crippen molar-refractivity contribution in [2.45, 2.75) is 51.9 Å². The second-order valence-electron chi connectivity index (χ2n) is 10.6. The first-order valence-electron chi connectivity index (χ1n) is 13.9. The molecule has 2 unspecified atom stereocenters. The molecule has 10 heteroatoms. The minimum absolute atomic E-state index is 0.0989. The molecule has 10 nitrogen and oxygen atoms in total. The number of carbonyl (C=O) groups excluding carboxylic acids is 1. The van der Waals surface area contributed by atoms with Gasteiger partial charge < -0.3 is 30.1 Å².